The second-order valence-electron chi connectivity index (χ2n) is 6.41. The minimum Gasteiger partial charge on any atom is -0.478 e. The molecular weight excluding hydrogens is 353 g/mol. The predicted molar refractivity (Wildman–Crippen MR) is 88.0 cm³/mol. The molecule has 2 atom stereocenters. The van der Waals surface area contributed by atoms with E-state index < -0.39 is 29.2 Å². The number of anilines is 1. The lowest BCUT2D eigenvalue weighted by Crippen LogP contribution is -2.64. The summed E-state index contributed by atoms with van der Waals surface area (Å²) in [6, 6.07) is 4.30. The number of alkyl halides is 3. The SMILES string of the molecule is CC1CN(c2ccc(C(F)(F)F)cc2)C(C)(/C(=C\C(=O)O)C(=O)O)CN1. The number of carboxylic acids is 2. The van der Waals surface area contributed by atoms with Gasteiger partial charge in [0.15, 0.2) is 0 Å². The smallest absolute Gasteiger partial charge is 0.416 e. The molecular formula is C17H19F3N2O4. The molecule has 1 saturated heterocycles. The summed E-state index contributed by atoms with van der Waals surface area (Å²) < 4.78 is 38.3. The van der Waals surface area contributed by atoms with Crippen LogP contribution >= 0.6 is 0 Å². The van der Waals surface area contributed by atoms with E-state index >= 15 is 0 Å². The highest BCUT2D eigenvalue weighted by Crippen LogP contribution is 2.35. The molecule has 1 heterocycles. The highest BCUT2D eigenvalue weighted by atomic mass is 19.4. The molecule has 1 aliphatic heterocycles. The van der Waals surface area contributed by atoms with Gasteiger partial charge < -0.3 is 20.4 Å². The fourth-order valence-electron chi connectivity index (χ4n) is 3.04. The normalized spacial score (nSPS) is 24.4. The molecule has 0 radical (unpaired) electrons. The van der Waals surface area contributed by atoms with E-state index in [9.17, 15) is 27.9 Å². The third-order valence-electron chi connectivity index (χ3n) is 4.43. The molecule has 0 amide bonds. The van der Waals surface area contributed by atoms with Crippen LogP contribution in [0, 0.1) is 0 Å². The van der Waals surface area contributed by atoms with Gasteiger partial charge in [-0.05, 0) is 38.1 Å². The summed E-state index contributed by atoms with van der Waals surface area (Å²) in [6.07, 6.45) is -3.86. The van der Waals surface area contributed by atoms with Crippen molar-refractivity contribution in [2.75, 3.05) is 18.0 Å². The van der Waals surface area contributed by atoms with E-state index in [0.717, 1.165) is 12.1 Å². The van der Waals surface area contributed by atoms with Crippen LogP contribution in [0.15, 0.2) is 35.9 Å². The van der Waals surface area contributed by atoms with E-state index in [1.165, 1.54) is 12.1 Å². The zero-order valence-corrected chi connectivity index (χ0v) is 14.2. The summed E-state index contributed by atoms with van der Waals surface area (Å²) in [5.41, 5.74) is -2.04. The second-order valence-corrected chi connectivity index (χ2v) is 6.41. The van der Waals surface area contributed by atoms with Gasteiger partial charge >= 0.3 is 18.1 Å². The average Bonchev–Trinajstić information content (AvgIpc) is 2.54. The summed E-state index contributed by atoms with van der Waals surface area (Å²) >= 11 is 0. The summed E-state index contributed by atoms with van der Waals surface area (Å²) in [5, 5.41) is 21.6. The number of hydrogen-bond acceptors (Lipinski definition) is 4. The molecule has 0 aromatic heterocycles. The molecule has 26 heavy (non-hydrogen) atoms. The lowest BCUT2D eigenvalue weighted by atomic mass is 9.85. The molecule has 1 aliphatic rings. The fraction of sp³-hybridized carbons (Fsp3) is 0.412. The molecule has 0 spiro atoms. The van der Waals surface area contributed by atoms with Gasteiger partial charge in [-0.15, -0.1) is 0 Å². The van der Waals surface area contributed by atoms with E-state index in [-0.39, 0.29) is 18.2 Å². The molecule has 0 bridgehead atoms. The van der Waals surface area contributed by atoms with E-state index in [4.69, 9.17) is 5.11 Å². The maximum Gasteiger partial charge on any atom is 0.416 e. The van der Waals surface area contributed by atoms with Gasteiger partial charge in [0.1, 0.15) is 0 Å². The summed E-state index contributed by atoms with van der Waals surface area (Å²) in [5.74, 6) is -2.81. The summed E-state index contributed by atoms with van der Waals surface area (Å²) in [7, 11) is 0. The highest BCUT2D eigenvalue weighted by molar-refractivity contribution is 5.97. The van der Waals surface area contributed by atoms with Crippen molar-refractivity contribution in [3.8, 4) is 0 Å². The molecule has 9 heteroatoms. The van der Waals surface area contributed by atoms with Crippen LogP contribution < -0.4 is 10.2 Å². The Morgan fingerprint density at radius 3 is 2.31 bits per heavy atom. The van der Waals surface area contributed by atoms with Crippen LogP contribution in [-0.4, -0.2) is 46.8 Å². The Bertz CT molecular complexity index is 731. The number of carboxylic acid groups (broad SMARTS) is 2. The Labute approximate surface area is 147 Å². The Hall–Kier alpha value is -2.55. The van der Waals surface area contributed by atoms with Crippen LogP contribution in [0.5, 0.6) is 0 Å². The van der Waals surface area contributed by atoms with Gasteiger partial charge in [0.2, 0.25) is 0 Å². The number of hydrogen-bond donors (Lipinski definition) is 3. The maximum absolute atomic E-state index is 12.8. The zero-order valence-electron chi connectivity index (χ0n) is 14.2. The number of nitrogens with zero attached hydrogens (tertiary/aromatic N) is 1. The van der Waals surface area contributed by atoms with Crippen LogP contribution in [-0.2, 0) is 15.8 Å². The number of nitrogens with one attached hydrogen (secondary N) is 1. The van der Waals surface area contributed by atoms with E-state index in [1.54, 1.807) is 11.8 Å². The van der Waals surface area contributed by atoms with Gasteiger partial charge in [-0.3, -0.25) is 0 Å². The third kappa shape index (κ3) is 3.98. The van der Waals surface area contributed by atoms with Crippen molar-refractivity contribution >= 4 is 17.6 Å². The Morgan fingerprint density at radius 2 is 1.85 bits per heavy atom. The molecule has 1 aromatic rings. The van der Waals surface area contributed by atoms with Gasteiger partial charge in [-0.2, -0.15) is 13.2 Å². The third-order valence-corrected chi connectivity index (χ3v) is 4.43. The van der Waals surface area contributed by atoms with Crippen molar-refractivity contribution in [2.45, 2.75) is 31.6 Å². The molecule has 2 rings (SSSR count). The standard InChI is InChI=1S/C17H19F3N2O4/c1-10-8-22(12-5-3-11(4-6-12)17(18,19)20)16(2,9-21-10)13(15(25)26)7-14(23)24/h3-7,10,21H,8-9H2,1-2H3,(H,23,24)(H,25,26)/b13-7-. The van der Waals surface area contributed by atoms with Crippen LogP contribution in [0.4, 0.5) is 18.9 Å². The summed E-state index contributed by atoms with van der Waals surface area (Å²) in [4.78, 5) is 24.3. The molecule has 2 unspecified atom stereocenters. The first kappa shape index (κ1) is 19.8. The van der Waals surface area contributed by atoms with Crippen molar-refractivity contribution < 1.29 is 33.0 Å². The molecule has 6 nitrogen and oxygen atoms in total. The zero-order chi connectivity index (χ0) is 19.7. The maximum atomic E-state index is 12.8. The number of rotatable bonds is 4. The van der Waals surface area contributed by atoms with Gasteiger partial charge in [0.05, 0.1) is 16.7 Å². The van der Waals surface area contributed by atoms with Crippen LogP contribution in [0.1, 0.15) is 19.4 Å². The first-order chi connectivity index (χ1) is 11.9. The van der Waals surface area contributed by atoms with Gasteiger partial charge in [-0.1, -0.05) is 0 Å². The van der Waals surface area contributed by atoms with Crippen molar-refractivity contribution in [3.05, 3.63) is 41.5 Å². The number of piperazine rings is 1. The first-order valence-electron chi connectivity index (χ1n) is 7.82. The number of carbonyl (C=O) groups is 2. The monoisotopic (exact) mass is 372 g/mol. The van der Waals surface area contributed by atoms with Crippen molar-refractivity contribution in [1.82, 2.24) is 5.32 Å². The Kier molecular flexibility index (Phi) is 5.31. The second kappa shape index (κ2) is 6.99. The van der Waals surface area contributed by atoms with E-state index in [1.807, 2.05) is 6.92 Å². The molecule has 0 aliphatic carbocycles. The largest absolute Gasteiger partial charge is 0.478 e. The van der Waals surface area contributed by atoms with Gasteiger partial charge in [0, 0.05) is 30.9 Å². The first-order valence-corrected chi connectivity index (χ1v) is 7.82. The molecule has 142 valence electrons. The van der Waals surface area contributed by atoms with E-state index in [0.29, 0.717) is 18.3 Å². The minimum atomic E-state index is -4.48. The number of halogens is 3. The van der Waals surface area contributed by atoms with E-state index in [2.05, 4.69) is 5.32 Å². The predicted octanol–water partition coefficient (Wildman–Crippen LogP) is 2.36. The quantitative estimate of drug-likeness (QED) is 0.703. The van der Waals surface area contributed by atoms with Gasteiger partial charge in [-0.25, -0.2) is 9.59 Å². The average molecular weight is 372 g/mol. The number of aliphatic carboxylic acids is 2. The Balaban J connectivity index is 2.51. The fourth-order valence-corrected chi connectivity index (χ4v) is 3.04. The van der Waals surface area contributed by atoms with Gasteiger partial charge in [0.25, 0.3) is 0 Å². The lowest BCUT2D eigenvalue weighted by Gasteiger charge is -2.49. The van der Waals surface area contributed by atoms with Crippen molar-refractivity contribution in [2.24, 2.45) is 0 Å². The van der Waals surface area contributed by atoms with Crippen molar-refractivity contribution in [1.29, 1.82) is 0 Å². The molecule has 0 saturated carbocycles. The highest BCUT2D eigenvalue weighted by Gasteiger charge is 2.43. The minimum absolute atomic E-state index is 0.0646. The Morgan fingerprint density at radius 1 is 1.27 bits per heavy atom. The van der Waals surface area contributed by atoms with Crippen molar-refractivity contribution in [3.63, 3.8) is 0 Å². The lowest BCUT2D eigenvalue weighted by molar-refractivity contribution is -0.137. The van der Waals surface area contributed by atoms with Crippen LogP contribution in [0.3, 0.4) is 0 Å². The van der Waals surface area contributed by atoms with Crippen LogP contribution in [0.2, 0.25) is 0 Å². The van der Waals surface area contributed by atoms with Crippen LogP contribution in [0.25, 0.3) is 0 Å². The molecule has 1 aromatic carbocycles. The molecule has 1 fully saturated rings. The summed E-state index contributed by atoms with van der Waals surface area (Å²) in [6.45, 7) is 3.82. The molecule has 3 N–H and O–H groups in total. The topological polar surface area (TPSA) is 89.9 Å². The number of benzene rings is 1.